The van der Waals surface area contributed by atoms with Crippen LogP contribution in [0, 0.1) is 0 Å². The van der Waals surface area contributed by atoms with Gasteiger partial charge in [0, 0.05) is 6.54 Å². The maximum atomic E-state index is 11.8. The van der Waals surface area contributed by atoms with Crippen LogP contribution >= 0.6 is 15.9 Å². The van der Waals surface area contributed by atoms with E-state index in [0.717, 1.165) is 12.8 Å². The Bertz CT molecular complexity index is 382. The average molecular weight is 300 g/mol. The van der Waals surface area contributed by atoms with Crippen molar-refractivity contribution in [2.45, 2.75) is 32.6 Å². The molecular formula is C12H18BrN3O. The van der Waals surface area contributed by atoms with Gasteiger partial charge in [-0.2, -0.15) is 0 Å². The summed E-state index contributed by atoms with van der Waals surface area (Å²) in [5.74, 6) is -0.131. The van der Waals surface area contributed by atoms with Gasteiger partial charge in [0.25, 0.3) is 5.91 Å². The number of unbranched alkanes of at least 4 members (excludes halogenated alkanes) is 3. The van der Waals surface area contributed by atoms with E-state index in [4.69, 9.17) is 5.73 Å². The molecule has 0 bridgehead atoms. The molecule has 0 aliphatic heterocycles. The zero-order valence-corrected chi connectivity index (χ0v) is 11.6. The molecule has 1 amide bonds. The van der Waals surface area contributed by atoms with Crippen molar-refractivity contribution in [1.82, 2.24) is 10.3 Å². The molecule has 0 atom stereocenters. The van der Waals surface area contributed by atoms with E-state index in [1.54, 1.807) is 6.07 Å². The first-order valence-electron chi connectivity index (χ1n) is 5.84. The number of anilines is 1. The van der Waals surface area contributed by atoms with Gasteiger partial charge in [0.05, 0.1) is 17.4 Å². The molecule has 0 aliphatic rings. The Morgan fingerprint density at radius 1 is 1.47 bits per heavy atom. The number of hydrogen-bond donors (Lipinski definition) is 2. The van der Waals surface area contributed by atoms with Gasteiger partial charge in [0.2, 0.25) is 0 Å². The van der Waals surface area contributed by atoms with E-state index in [1.165, 1.54) is 19.0 Å². The summed E-state index contributed by atoms with van der Waals surface area (Å²) >= 11 is 3.24. The van der Waals surface area contributed by atoms with Gasteiger partial charge in [-0.25, -0.2) is 4.98 Å². The Balaban J connectivity index is 2.44. The number of nitrogens with one attached hydrogen (secondary N) is 1. The lowest BCUT2D eigenvalue weighted by Crippen LogP contribution is -2.25. The Morgan fingerprint density at radius 2 is 2.24 bits per heavy atom. The molecule has 0 aromatic carbocycles. The largest absolute Gasteiger partial charge is 0.397 e. The van der Waals surface area contributed by atoms with Crippen molar-refractivity contribution < 1.29 is 4.79 Å². The summed E-state index contributed by atoms with van der Waals surface area (Å²) < 4.78 is 0.526. The van der Waals surface area contributed by atoms with Crippen LogP contribution in [0.4, 0.5) is 5.69 Å². The predicted molar refractivity (Wildman–Crippen MR) is 72.8 cm³/mol. The first kappa shape index (κ1) is 14.0. The molecule has 1 aromatic rings. The molecule has 5 heteroatoms. The van der Waals surface area contributed by atoms with Crippen LogP contribution in [0.25, 0.3) is 0 Å². The molecule has 4 nitrogen and oxygen atoms in total. The van der Waals surface area contributed by atoms with Crippen LogP contribution in [0.3, 0.4) is 0 Å². The van der Waals surface area contributed by atoms with Crippen LogP contribution in [0.2, 0.25) is 0 Å². The van der Waals surface area contributed by atoms with Gasteiger partial charge in [-0.05, 0) is 28.4 Å². The van der Waals surface area contributed by atoms with Crippen molar-refractivity contribution in [2.24, 2.45) is 0 Å². The number of aromatic nitrogens is 1. The number of pyridine rings is 1. The maximum Gasteiger partial charge on any atom is 0.254 e. The first-order valence-corrected chi connectivity index (χ1v) is 6.63. The highest BCUT2D eigenvalue weighted by Crippen LogP contribution is 2.16. The molecule has 1 rings (SSSR count). The molecule has 1 heterocycles. The second-order valence-electron chi connectivity index (χ2n) is 3.92. The monoisotopic (exact) mass is 299 g/mol. The predicted octanol–water partition coefficient (Wildman–Crippen LogP) is 2.74. The van der Waals surface area contributed by atoms with Crippen molar-refractivity contribution in [3.05, 3.63) is 22.4 Å². The van der Waals surface area contributed by atoms with E-state index in [2.05, 4.69) is 33.2 Å². The molecule has 0 radical (unpaired) electrons. The van der Waals surface area contributed by atoms with Crippen LogP contribution in [0.1, 0.15) is 43.0 Å². The molecule has 0 aliphatic carbocycles. The summed E-state index contributed by atoms with van der Waals surface area (Å²) in [4.78, 5) is 15.8. The van der Waals surface area contributed by atoms with Gasteiger partial charge in [0.15, 0.2) is 0 Å². The SMILES string of the molecule is CCCCCCNC(=O)c1cc(N)cnc1Br. The lowest BCUT2D eigenvalue weighted by molar-refractivity contribution is 0.0952. The van der Waals surface area contributed by atoms with Gasteiger partial charge in [0.1, 0.15) is 4.60 Å². The van der Waals surface area contributed by atoms with Crippen LogP contribution in [0.5, 0.6) is 0 Å². The van der Waals surface area contributed by atoms with E-state index >= 15 is 0 Å². The summed E-state index contributed by atoms with van der Waals surface area (Å²) in [7, 11) is 0. The number of rotatable bonds is 6. The fourth-order valence-electron chi connectivity index (χ4n) is 1.47. The van der Waals surface area contributed by atoms with E-state index in [1.807, 2.05) is 0 Å². The number of nitrogens with zero attached hydrogens (tertiary/aromatic N) is 1. The van der Waals surface area contributed by atoms with Gasteiger partial charge < -0.3 is 11.1 Å². The Kier molecular flexibility index (Phi) is 5.97. The molecule has 0 unspecified atom stereocenters. The Hall–Kier alpha value is -1.10. The molecule has 1 aromatic heterocycles. The van der Waals surface area contributed by atoms with Crippen molar-refractivity contribution in [1.29, 1.82) is 0 Å². The number of carbonyl (C=O) groups is 1. The standard InChI is InChI=1S/C12H18BrN3O/c1-2-3-4-5-6-15-12(17)10-7-9(14)8-16-11(10)13/h7-8H,2-6,14H2,1H3,(H,15,17). The lowest BCUT2D eigenvalue weighted by atomic mass is 10.2. The van der Waals surface area contributed by atoms with Crippen LogP contribution in [-0.4, -0.2) is 17.4 Å². The number of halogens is 1. The van der Waals surface area contributed by atoms with Crippen molar-refractivity contribution in [3.63, 3.8) is 0 Å². The van der Waals surface area contributed by atoms with E-state index in [9.17, 15) is 4.79 Å². The minimum Gasteiger partial charge on any atom is -0.397 e. The third-order valence-corrected chi connectivity index (χ3v) is 3.05. The van der Waals surface area contributed by atoms with Crippen LogP contribution < -0.4 is 11.1 Å². The topological polar surface area (TPSA) is 68.0 Å². The number of amides is 1. The van der Waals surface area contributed by atoms with Crippen LogP contribution in [-0.2, 0) is 0 Å². The Morgan fingerprint density at radius 3 is 2.94 bits per heavy atom. The molecule has 0 spiro atoms. The zero-order chi connectivity index (χ0) is 12.7. The third kappa shape index (κ3) is 4.73. The zero-order valence-electron chi connectivity index (χ0n) is 10.0. The molecule has 3 N–H and O–H groups in total. The summed E-state index contributed by atoms with van der Waals surface area (Å²) in [5.41, 5.74) is 6.57. The summed E-state index contributed by atoms with van der Waals surface area (Å²) in [6.07, 6.45) is 6.07. The second kappa shape index (κ2) is 7.27. The highest BCUT2D eigenvalue weighted by atomic mass is 79.9. The number of hydrogen-bond acceptors (Lipinski definition) is 3. The number of nitrogens with two attached hydrogens (primary N) is 1. The van der Waals surface area contributed by atoms with Crippen molar-refractivity contribution >= 4 is 27.5 Å². The molecule has 0 saturated heterocycles. The van der Waals surface area contributed by atoms with Gasteiger partial charge in [-0.15, -0.1) is 0 Å². The second-order valence-corrected chi connectivity index (χ2v) is 4.67. The minimum atomic E-state index is -0.131. The van der Waals surface area contributed by atoms with Crippen LogP contribution in [0.15, 0.2) is 16.9 Å². The first-order chi connectivity index (χ1) is 8.15. The molecule has 0 fully saturated rings. The molecule has 94 valence electrons. The van der Waals surface area contributed by atoms with Gasteiger partial charge in [-0.3, -0.25) is 4.79 Å². The summed E-state index contributed by atoms with van der Waals surface area (Å²) in [6.45, 7) is 2.86. The van der Waals surface area contributed by atoms with Crippen molar-refractivity contribution in [2.75, 3.05) is 12.3 Å². The molecule has 0 saturated carbocycles. The van der Waals surface area contributed by atoms with E-state index in [0.29, 0.717) is 22.4 Å². The Labute approximate surface area is 110 Å². The fraction of sp³-hybridized carbons (Fsp3) is 0.500. The smallest absolute Gasteiger partial charge is 0.254 e. The third-order valence-electron chi connectivity index (χ3n) is 2.42. The number of carbonyl (C=O) groups excluding carboxylic acids is 1. The normalized spacial score (nSPS) is 10.2. The van der Waals surface area contributed by atoms with Crippen molar-refractivity contribution in [3.8, 4) is 0 Å². The van der Waals surface area contributed by atoms with Gasteiger partial charge >= 0.3 is 0 Å². The number of nitrogen functional groups attached to an aromatic ring is 1. The van der Waals surface area contributed by atoms with E-state index < -0.39 is 0 Å². The maximum absolute atomic E-state index is 11.8. The highest BCUT2D eigenvalue weighted by molar-refractivity contribution is 9.10. The van der Waals surface area contributed by atoms with Gasteiger partial charge in [-0.1, -0.05) is 26.2 Å². The molecule has 17 heavy (non-hydrogen) atoms. The average Bonchev–Trinajstić information content (AvgIpc) is 2.32. The molecular weight excluding hydrogens is 282 g/mol. The fourth-order valence-corrected chi connectivity index (χ4v) is 1.87. The quantitative estimate of drug-likeness (QED) is 0.627. The lowest BCUT2D eigenvalue weighted by Gasteiger charge is -2.06. The summed E-state index contributed by atoms with van der Waals surface area (Å²) in [6, 6.07) is 1.62. The van der Waals surface area contributed by atoms with E-state index in [-0.39, 0.29) is 5.91 Å². The summed E-state index contributed by atoms with van der Waals surface area (Å²) in [5, 5.41) is 2.86. The minimum absolute atomic E-state index is 0.131. The highest BCUT2D eigenvalue weighted by Gasteiger charge is 2.10.